The number of carbonyl (C=O) groups excluding carboxylic acids is 1. The van der Waals surface area contributed by atoms with Crippen LogP contribution in [0, 0.1) is 0 Å². The van der Waals surface area contributed by atoms with Crippen LogP contribution < -0.4 is 15.8 Å². The van der Waals surface area contributed by atoms with Crippen molar-refractivity contribution in [2.45, 2.75) is 0 Å². The molecule has 0 unspecified atom stereocenters. The standard InChI is InChI=1S/C13H11ClN2O3S/c14-12-8(5-6-18-12)13(17)16-9-3-1-2-4-10(9)19-7-11(15)20/h1-6H,7H2,(H2,15,20)(H,16,17). The molecule has 7 heteroatoms. The van der Waals surface area contributed by atoms with Gasteiger partial charge in [-0.05, 0) is 29.8 Å². The predicted molar refractivity (Wildman–Crippen MR) is 80.4 cm³/mol. The molecular weight excluding hydrogens is 300 g/mol. The molecule has 1 heterocycles. The predicted octanol–water partition coefficient (Wildman–Crippen LogP) is 2.85. The van der Waals surface area contributed by atoms with Gasteiger partial charge in [-0.2, -0.15) is 0 Å². The monoisotopic (exact) mass is 310 g/mol. The van der Waals surface area contributed by atoms with E-state index in [9.17, 15) is 4.79 Å². The van der Waals surface area contributed by atoms with E-state index >= 15 is 0 Å². The van der Waals surface area contributed by atoms with E-state index in [1.54, 1.807) is 24.3 Å². The highest BCUT2D eigenvalue weighted by Gasteiger charge is 2.15. The summed E-state index contributed by atoms with van der Waals surface area (Å²) in [6.45, 7) is 0.0919. The first kappa shape index (κ1) is 14.4. The molecule has 0 fully saturated rings. The van der Waals surface area contributed by atoms with Gasteiger partial charge in [-0.1, -0.05) is 24.4 Å². The van der Waals surface area contributed by atoms with Crippen LogP contribution in [-0.4, -0.2) is 17.5 Å². The number of nitrogens with two attached hydrogens (primary N) is 1. The Labute approximate surface area is 125 Å². The number of amides is 1. The van der Waals surface area contributed by atoms with Crippen LogP contribution in [0.15, 0.2) is 41.0 Å². The van der Waals surface area contributed by atoms with Crippen molar-refractivity contribution < 1.29 is 13.9 Å². The third kappa shape index (κ3) is 3.49. The van der Waals surface area contributed by atoms with Gasteiger partial charge in [0.25, 0.3) is 5.91 Å². The number of rotatable bonds is 5. The first-order valence-electron chi connectivity index (χ1n) is 5.62. The van der Waals surface area contributed by atoms with E-state index < -0.39 is 5.91 Å². The van der Waals surface area contributed by atoms with Crippen molar-refractivity contribution in [3.05, 3.63) is 47.4 Å². The Hall–Kier alpha value is -2.05. The topological polar surface area (TPSA) is 77.5 Å². The van der Waals surface area contributed by atoms with Crippen LogP contribution in [0.3, 0.4) is 0 Å². The van der Waals surface area contributed by atoms with E-state index in [0.717, 1.165) is 0 Å². The first-order valence-corrected chi connectivity index (χ1v) is 6.41. The molecule has 20 heavy (non-hydrogen) atoms. The number of hydrogen-bond acceptors (Lipinski definition) is 4. The molecule has 1 amide bonds. The molecular formula is C13H11ClN2O3S. The maximum absolute atomic E-state index is 12.0. The fourth-order valence-electron chi connectivity index (χ4n) is 1.49. The molecule has 0 bridgehead atoms. The zero-order chi connectivity index (χ0) is 14.5. The van der Waals surface area contributed by atoms with E-state index in [2.05, 4.69) is 5.32 Å². The first-order chi connectivity index (χ1) is 9.58. The molecule has 5 nitrogen and oxygen atoms in total. The highest BCUT2D eigenvalue weighted by Crippen LogP contribution is 2.25. The zero-order valence-corrected chi connectivity index (χ0v) is 11.8. The molecule has 0 spiro atoms. The Morgan fingerprint density at radius 3 is 2.80 bits per heavy atom. The summed E-state index contributed by atoms with van der Waals surface area (Å²) < 4.78 is 10.3. The van der Waals surface area contributed by atoms with Gasteiger partial charge in [0.15, 0.2) is 0 Å². The molecule has 0 saturated carbocycles. The highest BCUT2D eigenvalue weighted by molar-refractivity contribution is 7.80. The lowest BCUT2D eigenvalue weighted by molar-refractivity contribution is 0.102. The number of thiocarbonyl (C=S) groups is 1. The van der Waals surface area contributed by atoms with Crippen LogP contribution in [-0.2, 0) is 0 Å². The maximum Gasteiger partial charge on any atom is 0.260 e. The van der Waals surface area contributed by atoms with E-state index in [1.807, 2.05) is 0 Å². The van der Waals surface area contributed by atoms with Crippen LogP contribution >= 0.6 is 23.8 Å². The van der Waals surface area contributed by atoms with Crippen molar-refractivity contribution in [3.63, 3.8) is 0 Å². The summed E-state index contributed by atoms with van der Waals surface area (Å²) in [6, 6.07) is 8.41. The van der Waals surface area contributed by atoms with E-state index in [0.29, 0.717) is 11.4 Å². The number of ether oxygens (including phenoxy) is 1. The van der Waals surface area contributed by atoms with E-state index in [1.165, 1.54) is 12.3 Å². The lowest BCUT2D eigenvalue weighted by Gasteiger charge is -2.11. The molecule has 0 radical (unpaired) electrons. The number of hydrogen-bond donors (Lipinski definition) is 2. The lowest BCUT2D eigenvalue weighted by atomic mass is 10.2. The molecule has 0 aliphatic heterocycles. The van der Waals surface area contributed by atoms with E-state index in [-0.39, 0.29) is 22.4 Å². The highest BCUT2D eigenvalue weighted by atomic mass is 35.5. The Bertz CT molecular complexity index is 642. The summed E-state index contributed by atoms with van der Waals surface area (Å²) in [7, 11) is 0. The molecule has 104 valence electrons. The van der Waals surface area contributed by atoms with Crippen molar-refractivity contribution in [2.75, 3.05) is 11.9 Å². The largest absolute Gasteiger partial charge is 0.484 e. The van der Waals surface area contributed by atoms with Gasteiger partial charge in [-0.25, -0.2) is 0 Å². The molecule has 0 aliphatic carbocycles. The van der Waals surface area contributed by atoms with Crippen molar-refractivity contribution >= 4 is 40.4 Å². The van der Waals surface area contributed by atoms with Crippen LogP contribution in [0.4, 0.5) is 5.69 Å². The normalized spacial score (nSPS) is 10.1. The van der Waals surface area contributed by atoms with Crippen LogP contribution in [0.2, 0.25) is 5.22 Å². The summed E-state index contributed by atoms with van der Waals surface area (Å²) in [4.78, 5) is 12.3. The summed E-state index contributed by atoms with van der Waals surface area (Å²) in [6.07, 6.45) is 1.34. The quantitative estimate of drug-likeness (QED) is 0.830. The molecule has 1 aromatic heterocycles. The number of anilines is 1. The Balaban J connectivity index is 2.15. The van der Waals surface area contributed by atoms with Gasteiger partial charge < -0.3 is 20.2 Å². The van der Waals surface area contributed by atoms with Crippen molar-refractivity contribution in [1.29, 1.82) is 0 Å². The zero-order valence-electron chi connectivity index (χ0n) is 10.3. The van der Waals surface area contributed by atoms with Gasteiger partial charge >= 0.3 is 0 Å². The second kappa shape index (κ2) is 6.40. The molecule has 0 saturated heterocycles. The second-order valence-corrected chi connectivity index (χ2v) is 4.68. The van der Waals surface area contributed by atoms with Crippen LogP contribution in [0.1, 0.15) is 10.4 Å². The van der Waals surface area contributed by atoms with Gasteiger partial charge in [-0.3, -0.25) is 4.79 Å². The van der Waals surface area contributed by atoms with Crippen molar-refractivity contribution in [1.82, 2.24) is 0 Å². The van der Waals surface area contributed by atoms with Gasteiger partial charge in [0.1, 0.15) is 17.3 Å². The van der Waals surface area contributed by atoms with Gasteiger partial charge in [-0.15, -0.1) is 0 Å². The molecule has 2 aromatic rings. The number of benzene rings is 1. The Morgan fingerprint density at radius 1 is 1.40 bits per heavy atom. The third-order valence-corrected chi connectivity index (χ3v) is 2.78. The number of para-hydroxylation sites is 2. The molecule has 2 rings (SSSR count). The summed E-state index contributed by atoms with van der Waals surface area (Å²) in [5, 5.41) is 2.72. The second-order valence-electron chi connectivity index (χ2n) is 3.81. The minimum Gasteiger partial charge on any atom is -0.484 e. The van der Waals surface area contributed by atoms with Gasteiger partial charge in [0, 0.05) is 0 Å². The lowest BCUT2D eigenvalue weighted by Crippen LogP contribution is -2.19. The van der Waals surface area contributed by atoms with Crippen LogP contribution in [0.25, 0.3) is 0 Å². The Kier molecular flexibility index (Phi) is 4.60. The number of nitrogens with one attached hydrogen (secondary N) is 1. The minimum absolute atomic E-state index is 0.0315. The average molecular weight is 311 g/mol. The number of carbonyl (C=O) groups is 1. The summed E-state index contributed by atoms with van der Waals surface area (Å²) in [5.74, 6) is 0.0726. The SMILES string of the molecule is NC(=S)COc1ccccc1NC(=O)c1ccoc1Cl. The van der Waals surface area contributed by atoms with Gasteiger partial charge in [0.2, 0.25) is 5.22 Å². The fourth-order valence-corrected chi connectivity index (χ4v) is 1.75. The molecule has 1 aromatic carbocycles. The van der Waals surface area contributed by atoms with E-state index in [4.69, 9.17) is 38.7 Å². The van der Waals surface area contributed by atoms with Gasteiger partial charge in [0.05, 0.1) is 17.5 Å². The molecule has 3 N–H and O–H groups in total. The van der Waals surface area contributed by atoms with Crippen molar-refractivity contribution in [2.24, 2.45) is 5.73 Å². The number of furan rings is 1. The van der Waals surface area contributed by atoms with Crippen molar-refractivity contribution in [3.8, 4) is 5.75 Å². The summed E-state index contributed by atoms with van der Waals surface area (Å²) in [5.41, 5.74) is 6.12. The number of halogens is 1. The maximum atomic E-state index is 12.0. The smallest absolute Gasteiger partial charge is 0.260 e. The average Bonchev–Trinajstić information content (AvgIpc) is 2.84. The van der Waals surface area contributed by atoms with Crippen LogP contribution in [0.5, 0.6) is 5.75 Å². The summed E-state index contributed by atoms with van der Waals surface area (Å²) >= 11 is 10.5. The molecule has 0 aliphatic rings. The fraction of sp³-hybridized carbons (Fsp3) is 0.0769. The minimum atomic E-state index is -0.393. The Morgan fingerprint density at radius 2 is 2.15 bits per heavy atom. The third-order valence-electron chi connectivity index (χ3n) is 2.37. The molecule has 0 atom stereocenters.